The molecule has 0 aliphatic heterocycles. The lowest BCUT2D eigenvalue weighted by Gasteiger charge is -1.70. The third kappa shape index (κ3) is 1.08. The highest BCUT2D eigenvalue weighted by atomic mass is 32.1. The van der Waals surface area contributed by atoms with E-state index in [1.807, 2.05) is 0 Å². The van der Waals surface area contributed by atoms with E-state index in [1.165, 1.54) is 0 Å². The molecule has 0 aliphatic carbocycles. The van der Waals surface area contributed by atoms with Gasteiger partial charge in [0, 0.05) is 0 Å². The third-order valence-electron chi connectivity index (χ3n) is 0.700. The standard InChI is InChI=1S/C6H4OS/c8-5-3-6-2-1-4-7-6/h1-2,4,8H. The second-order valence-electron chi connectivity index (χ2n) is 1.21. The van der Waals surface area contributed by atoms with Gasteiger partial charge in [-0.3, -0.25) is 0 Å². The van der Waals surface area contributed by atoms with E-state index in [-0.39, 0.29) is 0 Å². The average molecular weight is 124 g/mol. The Morgan fingerprint density at radius 1 is 1.62 bits per heavy atom. The molecule has 0 bridgehead atoms. The minimum atomic E-state index is 0.653. The molecule has 1 rings (SSSR count). The highest BCUT2D eigenvalue weighted by Crippen LogP contribution is 1.95. The summed E-state index contributed by atoms with van der Waals surface area (Å²) in [4.78, 5) is 0. The Morgan fingerprint density at radius 3 is 3.00 bits per heavy atom. The van der Waals surface area contributed by atoms with Crippen molar-refractivity contribution in [1.82, 2.24) is 0 Å². The molecular formula is C6H4OS. The number of rotatable bonds is 0. The summed E-state index contributed by atoms with van der Waals surface area (Å²) in [5.41, 5.74) is 0. The molecular weight excluding hydrogens is 120 g/mol. The van der Waals surface area contributed by atoms with E-state index in [9.17, 15) is 0 Å². The molecule has 0 amide bonds. The molecule has 8 heavy (non-hydrogen) atoms. The van der Waals surface area contributed by atoms with E-state index in [0.29, 0.717) is 5.76 Å². The van der Waals surface area contributed by atoms with Gasteiger partial charge < -0.3 is 4.42 Å². The van der Waals surface area contributed by atoms with Gasteiger partial charge in [0.2, 0.25) is 0 Å². The van der Waals surface area contributed by atoms with Crippen LogP contribution >= 0.6 is 12.6 Å². The summed E-state index contributed by atoms with van der Waals surface area (Å²) in [6.07, 6.45) is 1.58. The maximum atomic E-state index is 4.85. The van der Waals surface area contributed by atoms with Gasteiger partial charge in [0.15, 0.2) is 5.76 Å². The fourth-order valence-corrected chi connectivity index (χ4v) is 0.515. The van der Waals surface area contributed by atoms with Gasteiger partial charge in [0.1, 0.15) is 0 Å². The van der Waals surface area contributed by atoms with Crippen LogP contribution in [0.15, 0.2) is 22.8 Å². The molecule has 0 spiro atoms. The summed E-state index contributed by atoms with van der Waals surface area (Å²) in [5.74, 6) is 3.29. The maximum Gasteiger partial charge on any atom is 0.177 e. The van der Waals surface area contributed by atoms with Crippen LogP contribution in [-0.4, -0.2) is 0 Å². The molecule has 2 heteroatoms. The molecule has 0 saturated heterocycles. The molecule has 0 aromatic carbocycles. The third-order valence-corrected chi connectivity index (χ3v) is 0.812. The molecule has 1 aromatic rings. The van der Waals surface area contributed by atoms with E-state index >= 15 is 0 Å². The van der Waals surface area contributed by atoms with Crippen molar-refractivity contribution in [2.45, 2.75) is 0 Å². The number of hydrogen-bond donors (Lipinski definition) is 1. The van der Waals surface area contributed by atoms with Crippen molar-refractivity contribution in [3.8, 4) is 11.2 Å². The van der Waals surface area contributed by atoms with Crippen LogP contribution in [0.3, 0.4) is 0 Å². The van der Waals surface area contributed by atoms with Gasteiger partial charge in [-0.05, 0) is 23.3 Å². The van der Waals surface area contributed by atoms with Crippen molar-refractivity contribution in [3.05, 3.63) is 24.2 Å². The first-order valence-electron chi connectivity index (χ1n) is 2.12. The SMILES string of the molecule is SC#Cc1ccco1. The highest BCUT2D eigenvalue weighted by Gasteiger charge is 1.82. The smallest absolute Gasteiger partial charge is 0.177 e. The normalized spacial score (nSPS) is 7.62. The van der Waals surface area contributed by atoms with Crippen molar-refractivity contribution in [2.75, 3.05) is 0 Å². The zero-order chi connectivity index (χ0) is 5.82. The monoisotopic (exact) mass is 124 g/mol. The molecule has 0 radical (unpaired) electrons. The van der Waals surface area contributed by atoms with E-state index in [1.54, 1.807) is 18.4 Å². The Bertz CT molecular complexity index is 202. The number of furan rings is 1. The van der Waals surface area contributed by atoms with Crippen LogP contribution in [0.4, 0.5) is 0 Å². The van der Waals surface area contributed by atoms with E-state index in [0.717, 1.165) is 0 Å². The second kappa shape index (κ2) is 2.49. The molecule has 40 valence electrons. The Balaban J connectivity index is 2.88. The predicted octanol–water partition coefficient (Wildman–Crippen LogP) is 1.52. The fraction of sp³-hybridized carbons (Fsp3) is 0. The maximum absolute atomic E-state index is 4.85. The van der Waals surface area contributed by atoms with Crippen LogP contribution in [0.2, 0.25) is 0 Å². The molecule has 0 atom stereocenters. The predicted molar refractivity (Wildman–Crippen MR) is 34.6 cm³/mol. The van der Waals surface area contributed by atoms with Crippen LogP contribution in [0.25, 0.3) is 0 Å². The zero-order valence-corrected chi connectivity index (χ0v) is 4.98. The summed E-state index contributed by atoms with van der Waals surface area (Å²) >= 11 is 3.69. The van der Waals surface area contributed by atoms with Crippen molar-refractivity contribution < 1.29 is 4.42 Å². The first kappa shape index (κ1) is 5.33. The molecule has 0 fully saturated rings. The Morgan fingerprint density at radius 2 is 2.50 bits per heavy atom. The van der Waals surface area contributed by atoms with Crippen molar-refractivity contribution in [3.63, 3.8) is 0 Å². The molecule has 1 heterocycles. The van der Waals surface area contributed by atoms with E-state index < -0.39 is 0 Å². The van der Waals surface area contributed by atoms with Crippen LogP contribution in [0.1, 0.15) is 5.76 Å². The summed E-state index contributed by atoms with van der Waals surface area (Å²) in [6, 6.07) is 3.57. The lowest BCUT2D eigenvalue weighted by atomic mass is 10.5. The molecule has 0 N–H and O–H groups in total. The minimum Gasteiger partial charge on any atom is -0.456 e. The Labute approximate surface area is 53.1 Å². The highest BCUT2D eigenvalue weighted by molar-refractivity contribution is 7.85. The summed E-state index contributed by atoms with van der Waals surface area (Å²) in [7, 11) is 0. The van der Waals surface area contributed by atoms with Crippen LogP contribution in [-0.2, 0) is 0 Å². The van der Waals surface area contributed by atoms with Gasteiger partial charge in [-0.25, -0.2) is 0 Å². The van der Waals surface area contributed by atoms with E-state index in [4.69, 9.17) is 4.42 Å². The van der Waals surface area contributed by atoms with Gasteiger partial charge in [-0.15, -0.1) is 0 Å². The topological polar surface area (TPSA) is 13.1 Å². The molecule has 0 aliphatic rings. The molecule has 0 saturated carbocycles. The van der Waals surface area contributed by atoms with Gasteiger partial charge in [0.05, 0.1) is 6.26 Å². The van der Waals surface area contributed by atoms with Gasteiger partial charge in [-0.1, -0.05) is 12.6 Å². The fourth-order valence-electron chi connectivity index (χ4n) is 0.405. The van der Waals surface area contributed by atoms with Gasteiger partial charge >= 0.3 is 0 Å². The summed E-state index contributed by atoms with van der Waals surface area (Å²) in [6.45, 7) is 0. The summed E-state index contributed by atoms with van der Waals surface area (Å²) in [5, 5.41) is 2.42. The van der Waals surface area contributed by atoms with Gasteiger partial charge in [-0.2, -0.15) is 0 Å². The van der Waals surface area contributed by atoms with Crippen molar-refractivity contribution in [1.29, 1.82) is 0 Å². The quantitative estimate of drug-likeness (QED) is 0.408. The lowest BCUT2D eigenvalue weighted by molar-refractivity contribution is 0.554. The number of thiol groups is 1. The lowest BCUT2D eigenvalue weighted by Crippen LogP contribution is -1.56. The minimum absolute atomic E-state index is 0.653. The Hall–Kier alpha value is -0.810. The summed E-state index contributed by atoms with van der Waals surface area (Å²) < 4.78 is 4.85. The second-order valence-corrected chi connectivity index (χ2v) is 1.44. The first-order valence-corrected chi connectivity index (χ1v) is 2.57. The zero-order valence-electron chi connectivity index (χ0n) is 4.09. The first-order chi connectivity index (χ1) is 3.93. The van der Waals surface area contributed by atoms with E-state index in [2.05, 4.69) is 23.8 Å². The van der Waals surface area contributed by atoms with Crippen LogP contribution in [0.5, 0.6) is 0 Å². The average Bonchev–Trinajstić information content (AvgIpc) is 2.19. The van der Waals surface area contributed by atoms with Crippen LogP contribution < -0.4 is 0 Å². The van der Waals surface area contributed by atoms with Crippen molar-refractivity contribution in [2.24, 2.45) is 0 Å². The Kier molecular flexibility index (Phi) is 1.66. The number of hydrogen-bond acceptors (Lipinski definition) is 2. The van der Waals surface area contributed by atoms with Crippen molar-refractivity contribution >= 4 is 12.6 Å². The largest absolute Gasteiger partial charge is 0.456 e. The molecule has 1 nitrogen and oxygen atoms in total. The van der Waals surface area contributed by atoms with Crippen LogP contribution in [0, 0.1) is 11.2 Å². The molecule has 0 unspecified atom stereocenters. The van der Waals surface area contributed by atoms with Gasteiger partial charge in [0.25, 0.3) is 0 Å². The molecule has 1 aromatic heterocycles.